The van der Waals surface area contributed by atoms with Crippen LogP contribution in [0, 0.1) is 5.92 Å². The second-order valence-corrected chi connectivity index (χ2v) is 12.3. The average molecular weight is 601 g/mol. The first-order chi connectivity index (χ1) is 19.9. The molecule has 226 valence electrons. The summed E-state index contributed by atoms with van der Waals surface area (Å²) in [4.78, 5) is 31.9. The summed E-state index contributed by atoms with van der Waals surface area (Å²) in [5, 5.41) is 15.3. The van der Waals surface area contributed by atoms with Gasteiger partial charge in [-0.1, -0.05) is 6.92 Å². The molecule has 42 heavy (non-hydrogen) atoms. The van der Waals surface area contributed by atoms with E-state index in [0.717, 1.165) is 0 Å². The number of aryl methyl sites for hydroxylation is 1. The highest BCUT2D eigenvalue weighted by Gasteiger charge is 2.35. The Hall–Kier alpha value is -4.14. The maximum absolute atomic E-state index is 13.7. The lowest BCUT2D eigenvalue weighted by Crippen LogP contribution is -2.50. The molecule has 0 unspecified atom stereocenters. The Balaban J connectivity index is 1.59. The van der Waals surface area contributed by atoms with E-state index in [-0.39, 0.29) is 47.9 Å². The van der Waals surface area contributed by atoms with Gasteiger partial charge in [-0.25, -0.2) is 18.2 Å². The van der Waals surface area contributed by atoms with Crippen LogP contribution in [-0.2, 0) is 17.1 Å². The molecular formula is C28H36N6O7S. The van der Waals surface area contributed by atoms with Crippen LogP contribution in [0.25, 0.3) is 0 Å². The molecule has 1 aromatic heterocycles. The summed E-state index contributed by atoms with van der Waals surface area (Å²) in [6.07, 6.45) is 2.19. The highest BCUT2D eigenvalue weighted by atomic mass is 32.2. The van der Waals surface area contributed by atoms with E-state index in [9.17, 15) is 23.1 Å². The summed E-state index contributed by atoms with van der Waals surface area (Å²) in [6, 6.07) is 10.4. The van der Waals surface area contributed by atoms with E-state index in [2.05, 4.69) is 15.6 Å². The van der Waals surface area contributed by atoms with Gasteiger partial charge >= 0.3 is 6.03 Å². The zero-order valence-electron chi connectivity index (χ0n) is 24.1. The largest absolute Gasteiger partial charge is 0.497 e. The summed E-state index contributed by atoms with van der Waals surface area (Å²) < 4.78 is 40.4. The Morgan fingerprint density at radius 2 is 1.88 bits per heavy atom. The van der Waals surface area contributed by atoms with Crippen molar-refractivity contribution in [1.29, 1.82) is 0 Å². The minimum absolute atomic E-state index is 0.0146. The van der Waals surface area contributed by atoms with Crippen LogP contribution < -0.4 is 20.1 Å². The van der Waals surface area contributed by atoms with Crippen molar-refractivity contribution in [3.63, 3.8) is 0 Å². The molecule has 1 aliphatic heterocycles. The maximum Gasteiger partial charge on any atom is 0.323 e. The third kappa shape index (κ3) is 6.83. The number of carbonyl (C=O) groups is 2. The Kier molecular flexibility index (Phi) is 9.39. The molecule has 0 saturated carbocycles. The van der Waals surface area contributed by atoms with Crippen molar-refractivity contribution >= 4 is 33.3 Å². The van der Waals surface area contributed by atoms with E-state index in [1.807, 2.05) is 6.92 Å². The third-order valence-electron chi connectivity index (χ3n) is 7.06. The first kappa shape index (κ1) is 30.8. The number of hydrogen-bond donors (Lipinski definition) is 3. The van der Waals surface area contributed by atoms with E-state index in [1.165, 1.54) is 34.8 Å². The van der Waals surface area contributed by atoms with E-state index in [4.69, 9.17) is 9.47 Å². The fraction of sp³-hybridized carbons (Fsp3) is 0.393. The molecule has 0 aliphatic carbocycles. The normalized spacial score (nSPS) is 18.0. The quantitative estimate of drug-likeness (QED) is 0.339. The van der Waals surface area contributed by atoms with Gasteiger partial charge < -0.3 is 34.7 Å². The Bertz CT molecular complexity index is 1530. The topological polar surface area (TPSA) is 155 Å². The number of urea groups is 1. The molecule has 3 N–H and O–H groups in total. The number of carbonyl (C=O) groups excluding carboxylic acids is 2. The van der Waals surface area contributed by atoms with Gasteiger partial charge in [-0.05, 0) is 49.4 Å². The predicted octanol–water partition coefficient (Wildman–Crippen LogP) is 2.61. The van der Waals surface area contributed by atoms with Crippen LogP contribution in [0.1, 0.15) is 24.2 Å². The lowest BCUT2D eigenvalue weighted by atomic mass is 9.99. The van der Waals surface area contributed by atoms with Crippen molar-refractivity contribution in [3.8, 4) is 11.5 Å². The average Bonchev–Trinajstić information content (AvgIpc) is 3.42. The number of aromatic nitrogens is 2. The lowest BCUT2D eigenvalue weighted by Gasteiger charge is -2.38. The number of aliphatic hydroxyl groups is 1. The Morgan fingerprint density at radius 3 is 2.50 bits per heavy atom. The fourth-order valence-electron chi connectivity index (χ4n) is 4.52. The molecule has 4 rings (SSSR count). The monoisotopic (exact) mass is 600 g/mol. The van der Waals surface area contributed by atoms with Crippen molar-refractivity contribution in [2.45, 2.75) is 31.0 Å². The molecule has 0 spiro atoms. The molecule has 1 aliphatic rings. The number of likely N-dealkylation sites (N-methyl/N-ethyl adjacent to an activating group) is 1. The van der Waals surface area contributed by atoms with Gasteiger partial charge in [0.1, 0.15) is 17.6 Å². The number of sulfonamides is 1. The Labute approximate surface area is 245 Å². The molecular weight excluding hydrogens is 564 g/mol. The number of ether oxygens (including phenoxy) is 2. The van der Waals surface area contributed by atoms with Gasteiger partial charge in [0.25, 0.3) is 15.9 Å². The Morgan fingerprint density at radius 1 is 1.21 bits per heavy atom. The number of fused-ring (bicyclic) bond motifs is 1. The van der Waals surface area contributed by atoms with Gasteiger partial charge in [-0.3, -0.25) is 4.79 Å². The highest BCUT2D eigenvalue weighted by molar-refractivity contribution is 7.89. The van der Waals surface area contributed by atoms with E-state index >= 15 is 0 Å². The van der Waals surface area contributed by atoms with Crippen molar-refractivity contribution in [2.75, 3.05) is 44.5 Å². The molecule has 13 nitrogen and oxygen atoms in total. The van der Waals surface area contributed by atoms with E-state index in [0.29, 0.717) is 17.1 Å². The number of benzene rings is 2. The summed E-state index contributed by atoms with van der Waals surface area (Å²) in [7, 11) is 0.790. The number of hydrogen-bond acceptors (Lipinski definition) is 8. The van der Waals surface area contributed by atoms with Crippen LogP contribution >= 0.6 is 0 Å². The third-order valence-corrected chi connectivity index (χ3v) is 8.77. The van der Waals surface area contributed by atoms with Crippen molar-refractivity contribution in [1.82, 2.24) is 18.8 Å². The lowest BCUT2D eigenvalue weighted by molar-refractivity contribution is 0.0387. The molecule has 0 bridgehead atoms. The van der Waals surface area contributed by atoms with Gasteiger partial charge in [-0.2, -0.15) is 4.31 Å². The molecule has 14 heteroatoms. The SMILES string of the molecule is COc1ccc(NC(=O)Nc2ccc3c(c2)C(=O)N([C@H](C)CO)C[C@@H](C)[C@@H](CN(C)S(=O)(=O)c2cn(C)cn2)O3)cc1. The van der Waals surface area contributed by atoms with Gasteiger partial charge in [-0.15, -0.1) is 0 Å². The number of anilines is 2. The smallest absolute Gasteiger partial charge is 0.323 e. The first-order valence-corrected chi connectivity index (χ1v) is 14.8. The van der Waals surface area contributed by atoms with Crippen molar-refractivity contribution in [2.24, 2.45) is 13.0 Å². The minimum Gasteiger partial charge on any atom is -0.497 e. The molecule has 0 saturated heterocycles. The molecule has 2 heterocycles. The van der Waals surface area contributed by atoms with Gasteiger partial charge in [0.15, 0.2) is 5.03 Å². The second-order valence-electron chi connectivity index (χ2n) is 10.3. The number of rotatable bonds is 9. The predicted molar refractivity (Wildman–Crippen MR) is 156 cm³/mol. The summed E-state index contributed by atoms with van der Waals surface area (Å²) in [5.74, 6) is 0.198. The molecule has 0 fully saturated rings. The first-order valence-electron chi connectivity index (χ1n) is 13.3. The van der Waals surface area contributed by atoms with Crippen LogP contribution in [0.4, 0.5) is 16.2 Å². The number of aliphatic hydroxyl groups excluding tert-OH is 1. The van der Waals surface area contributed by atoms with Crippen LogP contribution in [0.5, 0.6) is 11.5 Å². The minimum atomic E-state index is -3.90. The highest BCUT2D eigenvalue weighted by Crippen LogP contribution is 2.31. The molecule has 3 aromatic rings. The van der Waals surface area contributed by atoms with Crippen LogP contribution in [-0.4, -0.2) is 90.2 Å². The summed E-state index contributed by atoms with van der Waals surface area (Å²) >= 11 is 0. The molecule has 3 atom stereocenters. The van der Waals surface area contributed by atoms with Gasteiger partial charge in [0, 0.05) is 44.1 Å². The zero-order chi connectivity index (χ0) is 30.6. The van der Waals surface area contributed by atoms with Gasteiger partial charge in [0.2, 0.25) is 0 Å². The summed E-state index contributed by atoms with van der Waals surface area (Å²) in [5.41, 5.74) is 1.06. The van der Waals surface area contributed by atoms with Crippen LogP contribution in [0.3, 0.4) is 0 Å². The molecule has 2 aromatic carbocycles. The number of nitrogens with zero attached hydrogens (tertiary/aromatic N) is 4. The van der Waals surface area contributed by atoms with Crippen molar-refractivity contribution < 1.29 is 32.6 Å². The number of nitrogens with one attached hydrogen (secondary N) is 2. The maximum atomic E-state index is 13.7. The van der Waals surface area contributed by atoms with Gasteiger partial charge in [0.05, 0.1) is 38.2 Å². The van der Waals surface area contributed by atoms with Crippen molar-refractivity contribution in [3.05, 3.63) is 60.6 Å². The molecule has 0 radical (unpaired) electrons. The number of imidazole rings is 1. The van der Waals surface area contributed by atoms with E-state index < -0.39 is 28.2 Å². The van der Waals surface area contributed by atoms with E-state index in [1.54, 1.807) is 62.0 Å². The fourth-order valence-corrected chi connectivity index (χ4v) is 5.66. The standard InChI is InChI=1S/C28H36N6O7S/c1-18-13-34(19(2)16-35)27(36)23-12-21(31-28(37)30-20-6-9-22(40-5)10-7-20)8-11-24(23)41-25(18)14-33(4)42(38,39)26-15-32(3)17-29-26/h6-12,15,17-19,25,35H,13-14,16H2,1-5H3,(H2,30,31,37)/t18-,19-,25-/m1/s1. The van der Waals surface area contributed by atoms with Crippen LogP contribution in [0.15, 0.2) is 60.0 Å². The zero-order valence-corrected chi connectivity index (χ0v) is 25.0. The van der Waals surface area contributed by atoms with Crippen LogP contribution in [0.2, 0.25) is 0 Å². The second kappa shape index (κ2) is 12.8. The summed E-state index contributed by atoms with van der Waals surface area (Å²) in [6.45, 7) is 3.51. The number of methoxy groups -OCH3 is 1. The number of amides is 3. The molecule has 3 amide bonds.